The summed E-state index contributed by atoms with van der Waals surface area (Å²) < 4.78 is 0. The zero-order chi connectivity index (χ0) is 12.5. The van der Waals surface area contributed by atoms with Crippen LogP contribution >= 0.6 is 0 Å². The highest BCUT2D eigenvalue weighted by molar-refractivity contribution is 4.89. The smallest absolute Gasteiger partial charge is 0.00979 e. The van der Waals surface area contributed by atoms with Gasteiger partial charge in [-0.2, -0.15) is 0 Å². The first-order valence-electron chi connectivity index (χ1n) is 7.74. The lowest BCUT2D eigenvalue weighted by Crippen LogP contribution is -2.40. The van der Waals surface area contributed by atoms with E-state index in [4.69, 9.17) is 0 Å². The Bertz CT molecular complexity index is 246. The molecule has 4 unspecified atom stereocenters. The highest BCUT2D eigenvalue weighted by Gasteiger charge is 2.32. The van der Waals surface area contributed by atoms with Gasteiger partial charge in [0, 0.05) is 12.1 Å². The molecule has 2 saturated carbocycles. The molecule has 0 aromatic carbocycles. The molecule has 1 N–H and O–H groups in total. The minimum atomic E-state index is 0.588. The number of rotatable bonds is 2. The summed E-state index contributed by atoms with van der Waals surface area (Å²) in [5, 5.41) is 3.98. The van der Waals surface area contributed by atoms with Crippen molar-refractivity contribution in [2.45, 2.75) is 84.7 Å². The summed E-state index contributed by atoms with van der Waals surface area (Å²) in [4.78, 5) is 0. The molecule has 1 heteroatoms. The Hall–Kier alpha value is -0.0400. The van der Waals surface area contributed by atoms with Crippen LogP contribution in [-0.2, 0) is 0 Å². The van der Waals surface area contributed by atoms with Crippen molar-refractivity contribution in [3.63, 3.8) is 0 Å². The van der Waals surface area contributed by atoms with Crippen molar-refractivity contribution in [2.24, 2.45) is 17.3 Å². The summed E-state index contributed by atoms with van der Waals surface area (Å²) in [6.45, 7) is 9.74. The zero-order valence-corrected chi connectivity index (χ0v) is 12.3. The molecule has 0 bridgehead atoms. The van der Waals surface area contributed by atoms with Crippen molar-refractivity contribution in [3.05, 3.63) is 0 Å². The van der Waals surface area contributed by atoms with Crippen LogP contribution in [0.2, 0.25) is 0 Å². The van der Waals surface area contributed by atoms with Gasteiger partial charge in [-0.15, -0.1) is 0 Å². The van der Waals surface area contributed by atoms with Crippen LogP contribution in [-0.4, -0.2) is 12.1 Å². The monoisotopic (exact) mass is 237 g/mol. The normalized spacial score (nSPS) is 42.4. The van der Waals surface area contributed by atoms with Gasteiger partial charge in [0.1, 0.15) is 0 Å². The lowest BCUT2D eigenvalue weighted by molar-refractivity contribution is 0.295. The number of hydrogen-bond donors (Lipinski definition) is 1. The molecule has 2 aliphatic carbocycles. The van der Waals surface area contributed by atoms with Crippen molar-refractivity contribution >= 4 is 0 Å². The van der Waals surface area contributed by atoms with Gasteiger partial charge in [-0.3, -0.25) is 0 Å². The Labute approximate surface area is 108 Å². The Kier molecular flexibility index (Phi) is 4.18. The molecule has 0 heterocycles. The van der Waals surface area contributed by atoms with Crippen molar-refractivity contribution in [3.8, 4) is 0 Å². The van der Waals surface area contributed by atoms with Crippen molar-refractivity contribution in [2.75, 3.05) is 0 Å². The quantitative estimate of drug-likeness (QED) is 0.703. The van der Waals surface area contributed by atoms with E-state index in [9.17, 15) is 0 Å². The molecule has 0 spiro atoms. The highest BCUT2D eigenvalue weighted by atomic mass is 15.0. The second kappa shape index (κ2) is 5.30. The summed E-state index contributed by atoms with van der Waals surface area (Å²) in [5.74, 6) is 1.81. The van der Waals surface area contributed by atoms with E-state index in [0.29, 0.717) is 5.41 Å². The predicted octanol–water partition coefficient (Wildman–Crippen LogP) is 4.37. The first-order valence-corrected chi connectivity index (χ1v) is 7.74. The van der Waals surface area contributed by atoms with E-state index in [0.717, 1.165) is 23.9 Å². The molecule has 0 aromatic rings. The van der Waals surface area contributed by atoms with E-state index in [2.05, 4.69) is 33.0 Å². The lowest BCUT2D eigenvalue weighted by Gasteiger charge is -2.26. The summed E-state index contributed by atoms with van der Waals surface area (Å²) in [5.41, 5.74) is 0.588. The van der Waals surface area contributed by atoms with Gasteiger partial charge in [0.15, 0.2) is 0 Å². The molecule has 4 atom stereocenters. The predicted molar refractivity (Wildman–Crippen MR) is 75.1 cm³/mol. The first kappa shape index (κ1) is 13.4. The van der Waals surface area contributed by atoms with Crippen molar-refractivity contribution < 1.29 is 0 Å². The van der Waals surface area contributed by atoms with Gasteiger partial charge in [-0.05, 0) is 55.8 Å². The first-order chi connectivity index (χ1) is 7.98. The minimum Gasteiger partial charge on any atom is -0.311 e. The summed E-state index contributed by atoms with van der Waals surface area (Å²) >= 11 is 0. The van der Waals surface area contributed by atoms with Gasteiger partial charge in [0.2, 0.25) is 0 Å². The van der Waals surface area contributed by atoms with E-state index in [1.807, 2.05) is 0 Å². The molecule has 2 fully saturated rings. The third kappa shape index (κ3) is 3.47. The maximum atomic E-state index is 3.98. The maximum absolute atomic E-state index is 3.98. The molecule has 2 rings (SSSR count). The van der Waals surface area contributed by atoms with Crippen LogP contribution in [0.5, 0.6) is 0 Å². The van der Waals surface area contributed by atoms with Gasteiger partial charge in [-0.1, -0.05) is 34.1 Å². The average molecular weight is 237 g/mol. The third-order valence-electron chi connectivity index (χ3n) is 5.49. The Balaban J connectivity index is 1.83. The van der Waals surface area contributed by atoms with Gasteiger partial charge >= 0.3 is 0 Å². The zero-order valence-electron chi connectivity index (χ0n) is 12.3. The summed E-state index contributed by atoms with van der Waals surface area (Å²) in [6.07, 6.45) is 9.87. The van der Waals surface area contributed by atoms with E-state index in [1.165, 1.54) is 44.9 Å². The van der Waals surface area contributed by atoms with Gasteiger partial charge in [0.05, 0.1) is 0 Å². The minimum absolute atomic E-state index is 0.588. The maximum Gasteiger partial charge on any atom is 0.00979 e. The molecular formula is C16H31N. The fourth-order valence-corrected chi connectivity index (χ4v) is 3.73. The molecule has 1 nitrogen and oxygen atoms in total. The van der Waals surface area contributed by atoms with E-state index < -0.39 is 0 Å². The van der Waals surface area contributed by atoms with Crippen LogP contribution in [0.1, 0.15) is 72.6 Å². The molecule has 0 aliphatic heterocycles. The van der Waals surface area contributed by atoms with Gasteiger partial charge < -0.3 is 5.32 Å². The van der Waals surface area contributed by atoms with Crippen molar-refractivity contribution in [1.29, 1.82) is 0 Å². The Morgan fingerprint density at radius 1 is 0.941 bits per heavy atom. The topological polar surface area (TPSA) is 12.0 Å². The van der Waals surface area contributed by atoms with E-state index >= 15 is 0 Å². The van der Waals surface area contributed by atoms with Crippen LogP contribution in [0.25, 0.3) is 0 Å². The summed E-state index contributed by atoms with van der Waals surface area (Å²) in [7, 11) is 0. The summed E-state index contributed by atoms with van der Waals surface area (Å²) in [6, 6.07) is 1.60. The fraction of sp³-hybridized carbons (Fsp3) is 1.00. The molecule has 17 heavy (non-hydrogen) atoms. The third-order valence-corrected chi connectivity index (χ3v) is 5.49. The van der Waals surface area contributed by atoms with Crippen LogP contribution in [0.3, 0.4) is 0 Å². The average Bonchev–Trinajstić information content (AvgIpc) is 2.48. The van der Waals surface area contributed by atoms with Crippen LogP contribution < -0.4 is 5.32 Å². The molecular weight excluding hydrogens is 206 g/mol. The van der Waals surface area contributed by atoms with Gasteiger partial charge in [0.25, 0.3) is 0 Å². The SMILES string of the molecule is CC1CCC(NC2CCCC(C)(C)CC2)C1C. The second-order valence-corrected chi connectivity index (χ2v) is 7.48. The molecule has 0 aromatic heterocycles. The Morgan fingerprint density at radius 2 is 1.71 bits per heavy atom. The van der Waals surface area contributed by atoms with Crippen LogP contribution in [0.15, 0.2) is 0 Å². The van der Waals surface area contributed by atoms with Crippen molar-refractivity contribution in [1.82, 2.24) is 5.32 Å². The molecule has 0 radical (unpaired) electrons. The molecule has 0 amide bonds. The van der Waals surface area contributed by atoms with Gasteiger partial charge in [-0.25, -0.2) is 0 Å². The van der Waals surface area contributed by atoms with Crippen LogP contribution in [0.4, 0.5) is 0 Å². The largest absolute Gasteiger partial charge is 0.311 e. The Morgan fingerprint density at radius 3 is 2.35 bits per heavy atom. The standard InChI is InChI=1S/C16H31N/c1-12-7-8-15(13(12)2)17-14-6-5-10-16(3,4)11-9-14/h12-15,17H,5-11H2,1-4H3. The second-order valence-electron chi connectivity index (χ2n) is 7.48. The van der Waals surface area contributed by atoms with Crippen LogP contribution in [0, 0.1) is 17.3 Å². The lowest BCUT2D eigenvalue weighted by atomic mass is 9.85. The van der Waals surface area contributed by atoms with E-state index in [1.54, 1.807) is 0 Å². The molecule has 2 aliphatic rings. The number of hydrogen-bond acceptors (Lipinski definition) is 1. The number of nitrogens with one attached hydrogen (secondary N) is 1. The highest BCUT2D eigenvalue weighted by Crippen LogP contribution is 2.36. The van der Waals surface area contributed by atoms with E-state index in [-0.39, 0.29) is 0 Å². The fourth-order valence-electron chi connectivity index (χ4n) is 3.73. The molecule has 0 saturated heterocycles. The molecule has 100 valence electrons.